The third-order valence-corrected chi connectivity index (χ3v) is 4.13. The van der Waals surface area contributed by atoms with Crippen LogP contribution in [0.2, 0.25) is 0 Å². The van der Waals surface area contributed by atoms with E-state index in [1.54, 1.807) is 6.20 Å². The van der Waals surface area contributed by atoms with Crippen LogP contribution in [0.3, 0.4) is 0 Å². The summed E-state index contributed by atoms with van der Waals surface area (Å²) in [4.78, 5) is 24.5. The fourth-order valence-corrected chi connectivity index (χ4v) is 2.93. The average Bonchev–Trinajstić information content (AvgIpc) is 2.97. The summed E-state index contributed by atoms with van der Waals surface area (Å²) in [5.41, 5.74) is 0. The number of nitrogens with zero attached hydrogens (tertiary/aromatic N) is 4. The summed E-state index contributed by atoms with van der Waals surface area (Å²) in [5, 5.41) is 0.933. The molecule has 98 valence electrons. The smallest absolute Gasteiger partial charge is 0.186 e. The van der Waals surface area contributed by atoms with E-state index in [2.05, 4.69) is 19.8 Å². The Kier molecular flexibility index (Phi) is 3.41. The van der Waals surface area contributed by atoms with Crippen molar-refractivity contribution in [3.05, 3.63) is 35.5 Å². The van der Waals surface area contributed by atoms with Crippen LogP contribution in [-0.2, 0) is 0 Å². The Balaban J connectivity index is 1.65. The Morgan fingerprint density at radius 2 is 1.89 bits per heavy atom. The lowest BCUT2D eigenvalue weighted by molar-refractivity contribution is 0.112. The van der Waals surface area contributed by atoms with Crippen LogP contribution in [-0.4, -0.2) is 42.4 Å². The van der Waals surface area contributed by atoms with Crippen molar-refractivity contribution in [3.63, 3.8) is 0 Å². The van der Waals surface area contributed by atoms with E-state index in [-0.39, 0.29) is 0 Å². The number of aromatic nitrogens is 2. The second-order valence-corrected chi connectivity index (χ2v) is 5.37. The molecule has 2 aromatic rings. The molecule has 1 aliphatic rings. The molecule has 3 rings (SSSR count). The summed E-state index contributed by atoms with van der Waals surface area (Å²) in [6, 6.07) is 5.96. The molecule has 0 radical (unpaired) electrons. The predicted molar refractivity (Wildman–Crippen MR) is 76.2 cm³/mol. The first kappa shape index (κ1) is 12.1. The van der Waals surface area contributed by atoms with Crippen LogP contribution in [0, 0.1) is 0 Å². The lowest BCUT2D eigenvalue weighted by Crippen LogP contribution is -2.46. The first-order chi connectivity index (χ1) is 9.36. The Labute approximate surface area is 115 Å². The molecule has 1 aliphatic heterocycles. The van der Waals surface area contributed by atoms with E-state index in [9.17, 15) is 4.79 Å². The number of thiazole rings is 1. The van der Waals surface area contributed by atoms with Gasteiger partial charge in [-0.2, -0.15) is 0 Å². The highest BCUT2D eigenvalue weighted by Crippen LogP contribution is 2.23. The van der Waals surface area contributed by atoms with Crippen molar-refractivity contribution >= 4 is 28.6 Å². The Morgan fingerprint density at radius 3 is 2.53 bits per heavy atom. The van der Waals surface area contributed by atoms with Crippen molar-refractivity contribution in [3.8, 4) is 0 Å². The monoisotopic (exact) mass is 274 g/mol. The highest BCUT2D eigenvalue weighted by molar-refractivity contribution is 7.17. The Hall–Kier alpha value is -1.95. The van der Waals surface area contributed by atoms with E-state index in [0.29, 0.717) is 4.88 Å². The number of hydrogen-bond donors (Lipinski definition) is 0. The second-order valence-electron chi connectivity index (χ2n) is 4.33. The maximum Gasteiger partial charge on any atom is 0.186 e. The quantitative estimate of drug-likeness (QED) is 0.797. The van der Waals surface area contributed by atoms with E-state index < -0.39 is 0 Å². The van der Waals surface area contributed by atoms with Crippen LogP contribution >= 0.6 is 11.3 Å². The minimum Gasteiger partial charge on any atom is -0.353 e. The summed E-state index contributed by atoms with van der Waals surface area (Å²) in [6.07, 6.45) is 4.31. The van der Waals surface area contributed by atoms with Gasteiger partial charge in [-0.3, -0.25) is 4.79 Å². The Bertz CT molecular complexity index is 549. The van der Waals surface area contributed by atoms with Gasteiger partial charge in [-0.15, -0.1) is 0 Å². The first-order valence-corrected chi connectivity index (χ1v) is 7.00. The standard InChI is InChI=1S/C13H14N4OS/c18-10-11-9-15-13(19-11)17-7-5-16(6-8-17)12-3-1-2-4-14-12/h1-4,9-10H,5-8H2. The highest BCUT2D eigenvalue weighted by atomic mass is 32.1. The van der Waals surface area contributed by atoms with Gasteiger partial charge >= 0.3 is 0 Å². The SMILES string of the molecule is O=Cc1cnc(N2CCN(c3ccccn3)CC2)s1. The summed E-state index contributed by atoms with van der Waals surface area (Å²) in [5.74, 6) is 1.02. The predicted octanol–water partition coefficient (Wildman–Crippen LogP) is 1.68. The lowest BCUT2D eigenvalue weighted by Gasteiger charge is -2.35. The molecule has 3 heterocycles. The van der Waals surface area contributed by atoms with Crippen molar-refractivity contribution < 1.29 is 4.79 Å². The molecular formula is C13H14N4OS. The minimum absolute atomic E-state index is 0.683. The van der Waals surface area contributed by atoms with Gasteiger partial charge in [-0.05, 0) is 12.1 Å². The number of hydrogen-bond acceptors (Lipinski definition) is 6. The van der Waals surface area contributed by atoms with Gasteiger partial charge in [0.05, 0.1) is 11.1 Å². The van der Waals surface area contributed by atoms with E-state index >= 15 is 0 Å². The zero-order valence-electron chi connectivity index (χ0n) is 10.4. The topological polar surface area (TPSA) is 49.3 Å². The van der Waals surface area contributed by atoms with Crippen LogP contribution in [0.1, 0.15) is 9.67 Å². The molecule has 0 spiro atoms. The average molecular weight is 274 g/mol. The van der Waals surface area contributed by atoms with Crippen LogP contribution in [0.4, 0.5) is 10.9 Å². The Morgan fingerprint density at radius 1 is 1.11 bits per heavy atom. The summed E-state index contributed by atoms with van der Waals surface area (Å²) < 4.78 is 0. The molecule has 0 amide bonds. The van der Waals surface area contributed by atoms with Gasteiger partial charge in [-0.1, -0.05) is 17.4 Å². The number of aldehydes is 1. The van der Waals surface area contributed by atoms with Gasteiger partial charge in [0.1, 0.15) is 5.82 Å². The van der Waals surface area contributed by atoms with Crippen molar-refractivity contribution in [1.29, 1.82) is 0 Å². The van der Waals surface area contributed by atoms with Gasteiger partial charge in [0.25, 0.3) is 0 Å². The fourth-order valence-electron chi connectivity index (χ4n) is 2.15. The van der Waals surface area contributed by atoms with Gasteiger partial charge in [0.15, 0.2) is 11.4 Å². The van der Waals surface area contributed by atoms with Crippen LogP contribution in [0.15, 0.2) is 30.6 Å². The molecular weight excluding hydrogens is 260 g/mol. The molecule has 1 saturated heterocycles. The molecule has 6 heteroatoms. The molecule has 0 unspecified atom stereocenters. The molecule has 19 heavy (non-hydrogen) atoms. The van der Waals surface area contributed by atoms with E-state index in [1.807, 2.05) is 24.4 Å². The number of carbonyl (C=O) groups excluding carboxylic acids is 1. The van der Waals surface area contributed by atoms with E-state index in [0.717, 1.165) is 43.4 Å². The first-order valence-electron chi connectivity index (χ1n) is 6.19. The zero-order chi connectivity index (χ0) is 13.1. The minimum atomic E-state index is 0.683. The van der Waals surface area contributed by atoms with Gasteiger partial charge in [-0.25, -0.2) is 9.97 Å². The molecule has 0 aliphatic carbocycles. The van der Waals surface area contributed by atoms with Crippen LogP contribution < -0.4 is 9.80 Å². The molecule has 0 aromatic carbocycles. The maximum absolute atomic E-state index is 10.7. The molecule has 0 atom stereocenters. The molecule has 1 fully saturated rings. The third-order valence-electron chi connectivity index (χ3n) is 3.15. The lowest BCUT2D eigenvalue weighted by atomic mass is 10.3. The van der Waals surface area contributed by atoms with Crippen molar-refractivity contribution in [2.24, 2.45) is 0 Å². The van der Waals surface area contributed by atoms with Crippen molar-refractivity contribution in [1.82, 2.24) is 9.97 Å². The van der Waals surface area contributed by atoms with Gasteiger partial charge < -0.3 is 9.80 Å². The van der Waals surface area contributed by atoms with Gasteiger partial charge in [0, 0.05) is 32.4 Å². The summed E-state index contributed by atoms with van der Waals surface area (Å²) in [7, 11) is 0. The number of anilines is 2. The largest absolute Gasteiger partial charge is 0.353 e. The van der Waals surface area contributed by atoms with E-state index in [1.165, 1.54) is 11.3 Å². The third kappa shape index (κ3) is 2.58. The molecule has 0 saturated carbocycles. The molecule has 0 bridgehead atoms. The zero-order valence-corrected chi connectivity index (χ0v) is 11.2. The number of piperazine rings is 1. The van der Waals surface area contributed by atoms with E-state index in [4.69, 9.17) is 0 Å². The highest BCUT2D eigenvalue weighted by Gasteiger charge is 2.19. The maximum atomic E-state index is 10.7. The number of rotatable bonds is 3. The molecule has 0 N–H and O–H groups in total. The van der Waals surface area contributed by atoms with Crippen LogP contribution in [0.5, 0.6) is 0 Å². The fraction of sp³-hybridized carbons (Fsp3) is 0.308. The molecule has 5 nitrogen and oxygen atoms in total. The second kappa shape index (κ2) is 5.36. The number of carbonyl (C=O) groups is 1. The van der Waals surface area contributed by atoms with Crippen molar-refractivity contribution in [2.75, 3.05) is 36.0 Å². The summed E-state index contributed by atoms with van der Waals surface area (Å²) in [6.45, 7) is 3.66. The summed E-state index contributed by atoms with van der Waals surface area (Å²) >= 11 is 1.45. The van der Waals surface area contributed by atoms with Gasteiger partial charge in [0.2, 0.25) is 0 Å². The number of pyridine rings is 1. The molecule has 2 aromatic heterocycles. The van der Waals surface area contributed by atoms with Crippen molar-refractivity contribution in [2.45, 2.75) is 0 Å². The van der Waals surface area contributed by atoms with Crippen LogP contribution in [0.25, 0.3) is 0 Å². The normalized spacial score (nSPS) is 15.6.